The van der Waals surface area contributed by atoms with Crippen LogP contribution < -0.4 is 10.4 Å². The first kappa shape index (κ1) is 14.5. The number of hydrogen-bond acceptors (Lipinski definition) is 4. The van der Waals surface area contributed by atoms with Crippen molar-refractivity contribution in [1.82, 2.24) is 10.0 Å². The van der Waals surface area contributed by atoms with Crippen LogP contribution >= 0.6 is 11.3 Å². The monoisotopic (exact) mass is 292 g/mol. The standard InChI is InChI=1S/C14H16N2O3S/c1-11-10-20-14(18)16(11)8-7-13(17)15-19-9-12-5-3-2-4-6-12/h2-6,10H,7-9H2,1H3,(H,15,17). The van der Waals surface area contributed by atoms with Crippen LogP contribution in [-0.2, 0) is 22.8 Å². The fourth-order valence-electron chi connectivity index (χ4n) is 1.71. The lowest BCUT2D eigenvalue weighted by molar-refractivity contribution is -0.134. The zero-order chi connectivity index (χ0) is 14.4. The van der Waals surface area contributed by atoms with Gasteiger partial charge in [-0.25, -0.2) is 5.48 Å². The second-order valence-corrected chi connectivity index (χ2v) is 5.16. The normalized spacial score (nSPS) is 10.4. The summed E-state index contributed by atoms with van der Waals surface area (Å²) in [6.45, 7) is 2.54. The average Bonchev–Trinajstić information content (AvgIpc) is 2.77. The van der Waals surface area contributed by atoms with Crippen LogP contribution in [-0.4, -0.2) is 10.5 Å². The maximum Gasteiger partial charge on any atom is 0.307 e. The number of rotatable bonds is 6. The lowest BCUT2D eigenvalue weighted by atomic mass is 10.2. The summed E-state index contributed by atoms with van der Waals surface area (Å²) in [6.07, 6.45) is 0.215. The zero-order valence-corrected chi connectivity index (χ0v) is 12.0. The Morgan fingerprint density at radius 2 is 2.10 bits per heavy atom. The molecule has 0 unspecified atom stereocenters. The van der Waals surface area contributed by atoms with Crippen molar-refractivity contribution in [2.45, 2.75) is 26.5 Å². The fraction of sp³-hybridized carbons (Fsp3) is 0.286. The molecule has 1 aromatic carbocycles. The zero-order valence-electron chi connectivity index (χ0n) is 11.2. The van der Waals surface area contributed by atoms with Crippen LogP contribution in [0, 0.1) is 6.92 Å². The number of benzene rings is 1. The van der Waals surface area contributed by atoms with E-state index in [1.165, 1.54) is 0 Å². The Hall–Kier alpha value is -1.92. The van der Waals surface area contributed by atoms with E-state index in [0.717, 1.165) is 22.6 Å². The molecule has 0 fully saturated rings. The Kier molecular flexibility index (Phi) is 5.09. The van der Waals surface area contributed by atoms with E-state index in [4.69, 9.17) is 4.84 Å². The Morgan fingerprint density at radius 1 is 1.35 bits per heavy atom. The number of aryl methyl sites for hydroxylation is 1. The molecule has 2 rings (SSSR count). The van der Waals surface area contributed by atoms with E-state index in [1.807, 2.05) is 37.3 Å². The Labute approximate surface area is 120 Å². The van der Waals surface area contributed by atoms with Crippen LogP contribution in [0.4, 0.5) is 0 Å². The number of amides is 1. The smallest absolute Gasteiger partial charge is 0.303 e. The van der Waals surface area contributed by atoms with Crippen molar-refractivity contribution < 1.29 is 9.63 Å². The molecular weight excluding hydrogens is 276 g/mol. The molecule has 0 saturated carbocycles. The van der Waals surface area contributed by atoms with Crippen molar-refractivity contribution in [3.8, 4) is 0 Å². The second-order valence-electron chi connectivity index (χ2n) is 4.34. The summed E-state index contributed by atoms with van der Waals surface area (Å²) in [6, 6.07) is 9.57. The van der Waals surface area contributed by atoms with Gasteiger partial charge in [0, 0.05) is 24.0 Å². The molecule has 1 N–H and O–H groups in total. The number of hydroxylamine groups is 1. The number of nitrogens with one attached hydrogen (secondary N) is 1. The predicted molar refractivity (Wildman–Crippen MR) is 77.3 cm³/mol. The molecule has 6 heteroatoms. The summed E-state index contributed by atoms with van der Waals surface area (Å²) < 4.78 is 1.58. The molecule has 0 aliphatic heterocycles. The lowest BCUT2D eigenvalue weighted by Gasteiger charge is -2.07. The average molecular weight is 292 g/mol. The molecule has 1 aromatic heterocycles. The first-order valence-electron chi connectivity index (χ1n) is 6.26. The van der Waals surface area contributed by atoms with Gasteiger partial charge in [0.2, 0.25) is 5.91 Å². The van der Waals surface area contributed by atoms with Crippen molar-refractivity contribution in [1.29, 1.82) is 0 Å². The molecule has 5 nitrogen and oxygen atoms in total. The summed E-state index contributed by atoms with van der Waals surface area (Å²) >= 11 is 1.14. The molecule has 106 valence electrons. The van der Waals surface area contributed by atoms with Crippen molar-refractivity contribution in [2.24, 2.45) is 0 Å². The van der Waals surface area contributed by atoms with Crippen molar-refractivity contribution in [3.63, 3.8) is 0 Å². The molecule has 0 saturated heterocycles. The molecule has 0 aliphatic carbocycles. The van der Waals surface area contributed by atoms with E-state index in [1.54, 1.807) is 9.95 Å². The maximum absolute atomic E-state index is 11.6. The molecule has 0 aliphatic rings. The first-order chi connectivity index (χ1) is 9.66. The second kappa shape index (κ2) is 7.02. The third-order valence-electron chi connectivity index (χ3n) is 2.81. The molecule has 0 radical (unpaired) electrons. The Morgan fingerprint density at radius 3 is 2.75 bits per heavy atom. The summed E-state index contributed by atoms with van der Waals surface area (Å²) in [4.78, 5) is 28.2. The highest BCUT2D eigenvalue weighted by Gasteiger charge is 2.06. The molecule has 0 bridgehead atoms. The minimum Gasteiger partial charge on any atom is -0.303 e. The third kappa shape index (κ3) is 4.04. The number of carbonyl (C=O) groups is 1. The molecule has 1 heterocycles. The number of hydrogen-bond donors (Lipinski definition) is 1. The van der Waals surface area contributed by atoms with Gasteiger partial charge in [0.25, 0.3) is 0 Å². The highest BCUT2D eigenvalue weighted by atomic mass is 32.1. The topological polar surface area (TPSA) is 60.3 Å². The summed E-state index contributed by atoms with van der Waals surface area (Å²) in [5, 5.41) is 1.78. The predicted octanol–water partition coefficient (Wildman–Crippen LogP) is 1.86. The summed E-state index contributed by atoms with van der Waals surface area (Å²) in [5.41, 5.74) is 4.24. The molecular formula is C14H16N2O3S. The van der Waals surface area contributed by atoms with Crippen LogP contribution in [0.3, 0.4) is 0 Å². The van der Waals surface area contributed by atoms with Crippen molar-refractivity contribution >= 4 is 17.2 Å². The minimum atomic E-state index is -0.238. The van der Waals surface area contributed by atoms with E-state index in [-0.39, 0.29) is 17.2 Å². The summed E-state index contributed by atoms with van der Waals surface area (Å²) in [7, 11) is 0. The molecule has 20 heavy (non-hydrogen) atoms. The largest absolute Gasteiger partial charge is 0.307 e. The SMILES string of the molecule is Cc1csc(=O)n1CCC(=O)NOCc1ccccc1. The Bertz CT molecular complexity index is 619. The lowest BCUT2D eigenvalue weighted by Crippen LogP contribution is -2.26. The van der Waals surface area contributed by atoms with Gasteiger partial charge >= 0.3 is 4.87 Å². The molecule has 0 spiro atoms. The van der Waals surface area contributed by atoms with Gasteiger partial charge in [-0.15, -0.1) is 0 Å². The van der Waals surface area contributed by atoms with Gasteiger partial charge in [-0.05, 0) is 12.5 Å². The maximum atomic E-state index is 11.6. The number of carbonyl (C=O) groups excluding carboxylic acids is 1. The van der Waals surface area contributed by atoms with Gasteiger partial charge in [0.1, 0.15) is 0 Å². The van der Waals surface area contributed by atoms with E-state index in [0.29, 0.717) is 13.2 Å². The first-order valence-corrected chi connectivity index (χ1v) is 7.14. The van der Waals surface area contributed by atoms with Crippen molar-refractivity contribution in [2.75, 3.05) is 0 Å². The van der Waals surface area contributed by atoms with Crippen LogP contribution in [0.5, 0.6) is 0 Å². The van der Waals surface area contributed by atoms with E-state index >= 15 is 0 Å². The Balaban J connectivity index is 1.72. The van der Waals surface area contributed by atoms with Gasteiger partial charge in [-0.1, -0.05) is 41.7 Å². The van der Waals surface area contributed by atoms with Gasteiger partial charge in [0.15, 0.2) is 0 Å². The summed E-state index contributed by atoms with van der Waals surface area (Å²) in [5.74, 6) is -0.238. The van der Waals surface area contributed by atoms with Crippen LogP contribution in [0.15, 0.2) is 40.5 Å². The van der Waals surface area contributed by atoms with Crippen LogP contribution in [0.25, 0.3) is 0 Å². The number of thiazole rings is 1. The van der Waals surface area contributed by atoms with Crippen LogP contribution in [0.2, 0.25) is 0 Å². The van der Waals surface area contributed by atoms with Gasteiger partial charge in [-0.2, -0.15) is 0 Å². The highest BCUT2D eigenvalue weighted by molar-refractivity contribution is 7.07. The molecule has 2 aromatic rings. The van der Waals surface area contributed by atoms with Gasteiger partial charge in [-0.3, -0.25) is 14.4 Å². The quantitative estimate of drug-likeness (QED) is 0.827. The van der Waals surface area contributed by atoms with Gasteiger partial charge < -0.3 is 4.57 Å². The van der Waals surface area contributed by atoms with Gasteiger partial charge in [0.05, 0.1) is 6.61 Å². The van der Waals surface area contributed by atoms with Crippen LogP contribution in [0.1, 0.15) is 17.7 Å². The minimum absolute atomic E-state index is 0.0412. The van der Waals surface area contributed by atoms with E-state index < -0.39 is 0 Å². The fourth-order valence-corrected chi connectivity index (χ4v) is 2.47. The number of aromatic nitrogens is 1. The third-order valence-corrected chi connectivity index (χ3v) is 3.69. The van der Waals surface area contributed by atoms with Crippen molar-refractivity contribution in [3.05, 3.63) is 56.6 Å². The molecule has 1 amide bonds. The molecule has 0 atom stereocenters. The highest BCUT2D eigenvalue weighted by Crippen LogP contribution is 2.01. The van der Waals surface area contributed by atoms with E-state index in [9.17, 15) is 9.59 Å². The van der Waals surface area contributed by atoms with E-state index in [2.05, 4.69) is 5.48 Å². The number of nitrogens with zero attached hydrogens (tertiary/aromatic N) is 1.